The van der Waals surface area contributed by atoms with Crippen LogP contribution in [-0.2, 0) is 34.0 Å². The van der Waals surface area contributed by atoms with Crippen molar-refractivity contribution >= 4 is 23.0 Å². The van der Waals surface area contributed by atoms with E-state index in [2.05, 4.69) is 43.7 Å². The lowest BCUT2D eigenvalue weighted by molar-refractivity contribution is -0.134. The Balaban J connectivity index is 0.000000436. The van der Waals surface area contributed by atoms with Crippen molar-refractivity contribution in [3.8, 4) is 0 Å². The van der Waals surface area contributed by atoms with Crippen molar-refractivity contribution in [3.63, 3.8) is 0 Å². The first-order chi connectivity index (χ1) is 18.5. The predicted molar refractivity (Wildman–Crippen MR) is 144 cm³/mol. The molecule has 0 saturated carbocycles. The molecule has 4 rings (SSSR count). The largest absolute Gasteiger partial charge is 0.478 e. The second-order valence-corrected chi connectivity index (χ2v) is 8.97. The molecule has 0 unspecified atom stereocenters. The molecule has 0 atom stereocenters. The Hall–Kier alpha value is -3.54. The second kappa shape index (κ2) is 15.7. The van der Waals surface area contributed by atoms with Crippen molar-refractivity contribution < 1.29 is 24.5 Å². The summed E-state index contributed by atoms with van der Waals surface area (Å²) in [7, 11) is 0. The van der Waals surface area contributed by atoms with Gasteiger partial charge in [-0.1, -0.05) is 12.1 Å². The smallest absolute Gasteiger partial charge is 0.328 e. The summed E-state index contributed by atoms with van der Waals surface area (Å²) in [6.07, 6.45) is 7.42. The quantitative estimate of drug-likeness (QED) is 0.255. The van der Waals surface area contributed by atoms with E-state index in [1.165, 1.54) is 24.9 Å². The maximum atomic E-state index is 9.55. The van der Waals surface area contributed by atoms with Gasteiger partial charge in [-0.3, -0.25) is 9.58 Å². The van der Waals surface area contributed by atoms with E-state index in [9.17, 15) is 9.59 Å². The molecule has 2 aromatic heterocycles. The molecular weight excluding hydrogens is 488 g/mol. The molecule has 0 bridgehead atoms. The van der Waals surface area contributed by atoms with E-state index in [-0.39, 0.29) is 0 Å². The number of benzene rings is 1. The maximum absolute atomic E-state index is 9.55. The van der Waals surface area contributed by atoms with Crippen LogP contribution in [0.15, 0.2) is 54.9 Å². The molecular formula is C27H38N6O5. The fourth-order valence-electron chi connectivity index (χ4n) is 4.35. The fourth-order valence-corrected chi connectivity index (χ4v) is 4.35. The average Bonchev–Trinajstić information content (AvgIpc) is 3.55. The molecule has 11 heteroatoms. The normalized spacial score (nSPS) is 14.6. The molecule has 0 amide bonds. The summed E-state index contributed by atoms with van der Waals surface area (Å²) >= 11 is 0. The number of imidazole rings is 1. The number of aromatic nitrogens is 4. The Labute approximate surface area is 222 Å². The number of carboxylic acids is 2. The van der Waals surface area contributed by atoms with Crippen molar-refractivity contribution in [2.24, 2.45) is 0 Å². The van der Waals surface area contributed by atoms with Gasteiger partial charge in [-0.15, -0.1) is 0 Å². The third-order valence-electron chi connectivity index (χ3n) is 6.27. The third kappa shape index (κ3) is 9.73. The van der Waals surface area contributed by atoms with Crippen LogP contribution >= 0.6 is 0 Å². The number of fused-ring (bicyclic) bond motifs is 1. The second-order valence-electron chi connectivity index (χ2n) is 8.97. The van der Waals surface area contributed by atoms with Gasteiger partial charge < -0.3 is 24.4 Å². The van der Waals surface area contributed by atoms with Gasteiger partial charge >= 0.3 is 11.9 Å². The SMILES string of the molecule is CCOCCn1c(CN2CCN(CCCCn3cccn3)CC2)nc2ccccc21.O=C(O)/C=C\C(=O)O. The molecule has 0 spiro atoms. The van der Waals surface area contributed by atoms with Crippen LogP contribution < -0.4 is 0 Å². The monoisotopic (exact) mass is 526 g/mol. The topological polar surface area (TPSA) is 126 Å². The summed E-state index contributed by atoms with van der Waals surface area (Å²) in [5.74, 6) is -1.36. The highest BCUT2D eigenvalue weighted by Gasteiger charge is 2.19. The van der Waals surface area contributed by atoms with Crippen molar-refractivity contribution in [1.82, 2.24) is 29.1 Å². The van der Waals surface area contributed by atoms with E-state index >= 15 is 0 Å². The molecule has 0 aliphatic carbocycles. The Morgan fingerprint density at radius 1 is 0.947 bits per heavy atom. The van der Waals surface area contributed by atoms with Gasteiger partial charge in [0.1, 0.15) is 5.82 Å². The summed E-state index contributed by atoms with van der Waals surface area (Å²) in [4.78, 5) is 29.2. The number of aliphatic carboxylic acids is 2. The lowest BCUT2D eigenvalue weighted by Crippen LogP contribution is -2.46. The molecule has 1 fully saturated rings. The summed E-state index contributed by atoms with van der Waals surface area (Å²) in [6.45, 7) is 12.0. The van der Waals surface area contributed by atoms with Crippen LogP contribution in [0.5, 0.6) is 0 Å². The Morgan fingerprint density at radius 3 is 2.29 bits per heavy atom. The summed E-state index contributed by atoms with van der Waals surface area (Å²) in [5.41, 5.74) is 2.29. The number of piperazine rings is 1. The first-order valence-corrected chi connectivity index (χ1v) is 13.0. The van der Waals surface area contributed by atoms with Gasteiger partial charge in [0.25, 0.3) is 0 Å². The molecule has 1 aromatic carbocycles. The van der Waals surface area contributed by atoms with E-state index in [4.69, 9.17) is 19.9 Å². The van der Waals surface area contributed by atoms with Gasteiger partial charge in [0.2, 0.25) is 0 Å². The van der Waals surface area contributed by atoms with E-state index in [0.29, 0.717) is 12.2 Å². The van der Waals surface area contributed by atoms with Crippen LogP contribution in [0.4, 0.5) is 0 Å². The zero-order valence-corrected chi connectivity index (χ0v) is 22.0. The van der Waals surface area contributed by atoms with Crippen molar-refractivity contribution in [2.75, 3.05) is 45.9 Å². The average molecular weight is 527 g/mol. The fraction of sp³-hybridized carbons (Fsp3) is 0.481. The number of hydrogen-bond acceptors (Lipinski definition) is 7. The maximum Gasteiger partial charge on any atom is 0.328 e. The minimum Gasteiger partial charge on any atom is -0.478 e. The first kappa shape index (κ1) is 29.0. The number of carboxylic acid groups (broad SMARTS) is 2. The van der Waals surface area contributed by atoms with Gasteiger partial charge in [0, 0.05) is 70.4 Å². The molecule has 3 aromatic rings. The van der Waals surface area contributed by atoms with E-state index in [0.717, 1.165) is 70.4 Å². The number of hydrogen-bond donors (Lipinski definition) is 2. The highest BCUT2D eigenvalue weighted by atomic mass is 16.5. The first-order valence-electron chi connectivity index (χ1n) is 13.0. The molecule has 1 aliphatic rings. The molecule has 3 heterocycles. The van der Waals surface area contributed by atoms with Crippen molar-refractivity contribution in [3.05, 3.63) is 60.7 Å². The minimum absolute atomic E-state index is 0.558. The summed E-state index contributed by atoms with van der Waals surface area (Å²) in [6, 6.07) is 10.4. The number of carbonyl (C=O) groups is 2. The van der Waals surface area contributed by atoms with Gasteiger partial charge in [0.05, 0.1) is 24.2 Å². The highest BCUT2D eigenvalue weighted by molar-refractivity contribution is 5.89. The van der Waals surface area contributed by atoms with Crippen LogP contribution in [0.1, 0.15) is 25.6 Å². The third-order valence-corrected chi connectivity index (χ3v) is 6.27. The van der Waals surface area contributed by atoms with Gasteiger partial charge in [-0.05, 0) is 44.5 Å². The molecule has 1 aliphatic heterocycles. The zero-order chi connectivity index (χ0) is 27.2. The Bertz CT molecular complexity index is 1140. The summed E-state index contributed by atoms with van der Waals surface area (Å²) in [5, 5.41) is 19.9. The minimum atomic E-state index is -1.26. The molecule has 38 heavy (non-hydrogen) atoms. The van der Waals surface area contributed by atoms with Crippen molar-refractivity contribution in [1.29, 1.82) is 0 Å². The standard InChI is InChI=1S/C23H34N6O.C4H4O4/c1-2-30-19-18-29-22-9-4-3-8-21(22)25-23(29)20-27-16-14-26(15-17-27)11-5-6-12-28-13-7-10-24-28;5-3(6)1-2-4(7)8/h3-4,7-10,13H,2,5-6,11-12,14-20H2,1H3;1-2H,(H,5,6)(H,7,8)/b;2-1-. The van der Waals surface area contributed by atoms with Crippen LogP contribution in [0.25, 0.3) is 11.0 Å². The highest BCUT2D eigenvalue weighted by Crippen LogP contribution is 2.18. The number of nitrogens with zero attached hydrogens (tertiary/aromatic N) is 6. The number of ether oxygens (including phenoxy) is 1. The number of para-hydroxylation sites is 2. The molecule has 0 radical (unpaired) electrons. The van der Waals surface area contributed by atoms with Crippen LogP contribution in [-0.4, -0.2) is 97.2 Å². The van der Waals surface area contributed by atoms with E-state index in [1.807, 2.05) is 30.1 Å². The molecule has 11 nitrogen and oxygen atoms in total. The van der Waals surface area contributed by atoms with E-state index < -0.39 is 11.9 Å². The number of aryl methyl sites for hydroxylation is 1. The van der Waals surface area contributed by atoms with Crippen LogP contribution in [0.2, 0.25) is 0 Å². The Morgan fingerprint density at radius 2 is 1.63 bits per heavy atom. The lowest BCUT2D eigenvalue weighted by atomic mass is 10.2. The molecule has 2 N–H and O–H groups in total. The van der Waals surface area contributed by atoms with Crippen LogP contribution in [0.3, 0.4) is 0 Å². The van der Waals surface area contributed by atoms with Gasteiger partial charge in [0.15, 0.2) is 0 Å². The predicted octanol–water partition coefficient (Wildman–Crippen LogP) is 2.58. The number of unbranched alkanes of at least 4 members (excludes halogenated alkanes) is 1. The lowest BCUT2D eigenvalue weighted by Gasteiger charge is -2.34. The Kier molecular flexibility index (Phi) is 12.0. The van der Waals surface area contributed by atoms with E-state index in [1.54, 1.807) is 0 Å². The number of rotatable bonds is 13. The van der Waals surface area contributed by atoms with Crippen molar-refractivity contribution in [2.45, 2.75) is 39.4 Å². The van der Waals surface area contributed by atoms with Crippen LogP contribution in [0, 0.1) is 0 Å². The molecule has 1 saturated heterocycles. The van der Waals surface area contributed by atoms with Gasteiger partial charge in [-0.2, -0.15) is 5.10 Å². The zero-order valence-electron chi connectivity index (χ0n) is 22.0. The van der Waals surface area contributed by atoms with Gasteiger partial charge in [-0.25, -0.2) is 14.6 Å². The molecule has 206 valence electrons. The summed E-state index contributed by atoms with van der Waals surface area (Å²) < 4.78 is 9.97.